The summed E-state index contributed by atoms with van der Waals surface area (Å²) < 4.78 is 226. The Bertz CT molecular complexity index is 6170. The maximum absolute atomic E-state index is 13.4. The van der Waals surface area contributed by atoms with Crippen molar-refractivity contribution in [1.29, 1.82) is 0 Å². The molecule has 0 bridgehead atoms. The number of likely N-dealkylation sites (tertiary alicyclic amines) is 4. The fourth-order valence-corrected chi connectivity index (χ4v) is 21.3. The van der Waals surface area contributed by atoms with E-state index in [1.165, 1.54) is 79.9 Å². The Hall–Kier alpha value is -12.3. The largest absolute Gasteiger partial charge is 0.522 e. The SMILES string of the molecule is CC(=O)c1ccc2n1C(C)(C)CN(C)C21CCN(C(=O)c2ccc(OC(C)C)c(C)c2)CC1.CN1CCn2c(C(=O)C(F)(F)F)ccc2C12CCN(C(=O)c1ccc(-c3ccccc3)cc1)CC2.COc1cc(C(=O)N2CCC3(CC2)NCC(C)n2c(C(=O)C(F)(F)F)ccc23)ccc1OCCOC(F)(F)F.COc1ccc(C(=O)N2CCC3(CC2)NCC(C)n2c(C(=O)C(F)(F)F)ccc23)cc1C(F)(F)F.[HH].[HH]. The van der Waals surface area contributed by atoms with Crippen molar-refractivity contribution in [3.63, 3.8) is 0 Å². The lowest BCUT2D eigenvalue weighted by Gasteiger charge is -2.55. The molecule has 142 heavy (non-hydrogen) atoms. The van der Waals surface area contributed by atoms with Crippen molar-refractivity contribution in [1.82, 2.24) is 58.3 Å². The van der Waals surface area contributed by atoms with Gasteiger partial charge in [0.25, 0.3) is 41.0 Å². The number of nitrogens with one attached hydrogen (secondary N) is 2. The Balaban J connectivity index is 0.000000171. The molecule has 17 rings (SSSR count). The van der Waals surface area contributed by atoms with Gasteiger partial charge in [0.05, 0.1) is 83.0 Å². The van der Waals surface area contributed by atoms with Gasteiger partial charge in [0.15, 0.2) is 17.3 Å². The van der Waals surface area contributed by atoms with E-state index in [0.29, 0.717) is 126 Å². The molecule has 5 aromatic carbocycles. The molecular weight excluding hydrogens is 1890 g/mol. The van der Waals surface area contributed by atoms with Gasteiger partial charge in [-0.25, -0.2) is 0 Å². The van der Waals surface area contributed by atoms with E-state index in [-0.39, 0.29) is 97.6 Å². The van der Waals surface area contributed by atoms with Crippen LogP contribution in [-0.2, 0) is 45.2 Å². The molecule has 2 unspecified atom stereocenters. The first-order valence-electron chi connectivity index (χ1n) is 46.7. The predicted molar refractivity (Wildman–Crippen MR) is 498 cm³/mol. The maximum atomic E-state index is 13.4. The second kappa shape index (κ2) is 40.9. The van der Waals surface area contributed by atoms with E-state index in [1.807, 2.05) is 112 Å². The van der Waals surface area contributed by atoms with Gasteiger partial charge in [-0.3, -0.25) is 52.9 Å². The summed E-state index contributed by atoms with van der Waals surface area (Å²) in [5.74, 6) is -5.67. The maximum Gasteiger partial charge on any atom is 0.522 e. The molecule has 8 aliphatic rings. The van der Waals surface area contributed by atoms with Crippen LogP contribution in [0.15, 0.2) is 158 Å². The predicted octanol–water partition coefficient (Wildman–Crippen LogP) is 19.1. The second-order valence-electron chi connectivity index (χ2n) is 38.1. The van der Waals surface area contributed by atoms with Crippen molar-refractivity contribution < 1.29 is 131 Å². The number of halogens is 15. The third-order valence-electron chi connectivity index (χ3n) is 28.5. The highest BCUT2D eigenvalue weighted by Gasteiger charge is 2.54. The topological polar surface area (TPSA) is 246 Å². The monoisotopic (exact) mass is 2000 g/mol. The molecule has 25 nitrogen and oxygen atoms in total. The van der Waals surface area contributed by atoms with E-state index in [2.05, 4.69) is 56.7 Å². The van der Waals surface area contributed by atoms with Crippen LogP contribution in [0.3, 0.4) is 0 Å². The number of aromatic nitrogens is 4. The van der Waals surface area contributed by atoms with Gasteiger partial charge in [-0.15, -0.1) is 13.2 Å². The molecule has 8 aliphatic heterocycles. The number of carbonyl (C=O) groups excluding carboxylic acids is 8. The van der Waals surface area contributed by atoms with Gasteiger partial charge in [-0.2, -0.15) is 52.7 Å². The molecule has 4 saturated heterocycles. The summed E-state index contributed by atoms with van der Waals surface area (Å²) in [4.78, 5) is 112. The molecule has 0 radical (unpaired) electrons. The molecular formula is C102H117F15N12O13. The molecule has 4 spiro atoms. The van der Waals surface area contributed by atoms with Crippen molar-refractivity contribution in [2.45, 2.75) is 190 Å². The Kier molecular flexibility index (Phi) is 30.4. The van der Waals surface area contributed by atoms with Crippen LogP contribution in [-0.4, -0.2) is 245 Å². The zero-order valence-electron chi connectivity index (χ0n) is 80.5. The van der Waals surface area contributed by atoms with Crippen LogP contribution in [0.4, 0.5) is 65.9 Å². The minimum atomic E-state index is -5.00. The number of likely N-dealkylation sites (N-methyl/N-ethyl adjacent to an activating group) is 2. The third-order valence-corrected chi connectivity index (χ3v) is 28.5. The highest BCUT2D eigenvalue weighted by Crippen LogP contribution is 2.50. The van der Waals surface area contributed by atoms with Crippen molar-refractivity contribution in [3.05, 3.63) is 237 Å². The van der Waals surface area contributed by atoms with Crippen LogP contribution in [0.25, 0.3) is 11.1 Å². The van der Waals surface area contributed by atoms with Crippen LogP contribution in [0.2, 0.25) is 0 Å². The zero-order chi connectivity index (χ0) is 103. The molecule has 9 aromatic rings. The first-order chi connectivity index (χ1) is 66.7. The molecule has 0 saturated carbocycles. The number of ether oxygens (including phenoxy) is 5. The number of hydrogen-bond donors (Lipinski definition) is 2. The van der Waals surface area contributed by atoms with Crippen LogP contribution < -0.4 is 29.6 Å². The van der Waals surface area contributed by atoms with Gasteiger partial charge in [-0.05, 0) is 246 Å². The van der Waals surface area contributed by atoms with Gasteiger partial charge >= 0.3 is 31.1 Å². The standard InChI is InChI=1S/C27H26F3N3O2.C27H37N3O3.C25H27F6N3O5.C23H23F6N3O3.2H2/c1-31-17-18-33-22(24(34)27(28,29)30)11-12-23(33)26(31)13-15-32(16-14-26)25(35)21-9-7-20(8-10-21)19-5-3-2-4-6-19;1-18(2)33-23-10-8-21(16-19(23)3)25(32)29-14-12-27(13-15-29)24-11-9-22(20(4)31)30(24)26(5,6)17-28(27)7;1-15-14-32-23(20-6-4-17(34(15)20)21(35)24(26,27)28)7-9-33(10-8-23)22(36)16-3-5-18(19(13-16)37-2)38-11-12-39-25(29,30)31;1-13-12-30-21(18-6-4-16(32(13)18)19(33)23(27,28)29)7-9-31(10-8-21)20(34)14-3-5-17(35-2)15(11-14)22(24,25)26;;/h2-12H,13-18H2,1H3;8-11,16,18H,12-15,17H2,1-7H3;3-6,13,15,32H,7-12,14H2,1-2H3;3-6,11,13,30H,7-10,12H2,1-2H3;2*1H. The van der Waals surface area contributed by atoms with Crippen molar-refractivity contribution >= 4 is 46.8 Å². The summed E-state index contributed by atoms with van der Waals surface area (Å²) in [6.07, 6.45) is -19.9. The average Bonchev–Trinajstić information content (AvgIpc) is 1.51. The fraction of sp³-hybridized carbons (Fsp3) is 0.471. The summed E-state index contributed by atoms with van der Waals surface area (Å²) in [6.45, 7) is 20.0. The second-order valence-corrected chi connectivity index (χ2v) is 38.1. The van der Waals surface area contributed by atoms with Crippen molar-refractivity contribution in [2.24, 2.45) is 0 Å². The molecule has 2 N–H and O–H groups in total. The number of carbonyl (C=O) groups is 8. The molecule has 40 heteroatoms. The Morgan fingerprint density at radius 2 is 0.831 bits per heavy atom. The number of amides is 4. The van der Waals surface area contributed by atoms with Crippen molar-refractivity contribution in [2.75, 3.05) is 120 Å². The third kappa shape index (κ3) is 21.5. The lowest BCUT2D eigenvalue weighted by Crippen LogP contribution is -2.61. The number of aryl methyl sites for hydroxylation is 1. The summed E-state index contributed by atoms with van der Waals surface area (Å²) in [6, 6.07) is 42.3. The van der Waals surface area contributed by atoms with E-state index in [1.54, 1.807) is 42.7 Å². The number of nitrogens with zero attached hydrogens (tertiary/aromatic N) is 10. The summed E-state index contributed by atoms with van der Waals surface area (Å²) in [5.41, 5.74) is 3.88. The van der Waals surface area contributed by atoms with Crippen LogP contribution in [0.5, 0.6) is 23.0 Å². The summed E-state index contributed by atoms with van der Waals surface area (Å²) >= 11 is 0. The van der Waals surface area contributed by atoms with Gasteiger partial charge in [0.2, 0.25) is 0 Å². The minimum Gasteiger partial charge on any atom is -0.496 e. The highest BCUT2D eigenvalue weighted by molar-refractivity contribution is 6.02. The van der Waals surface area contributed by atoms with Crippen molar-refractivity contribution in [3.8, 4) is 34.1 Å². The number of benzene rings is 5. The molecule has 0 aliphatic carbocycles. The van der Waals surface area contributed by atoms with E-state index in [0.717, 1.165) is 72.5 Å². The van der Waals surface area contributed by atoms with Gasteiger partial charge in [0, 0.05) is 152 Å². The Labute approximate surface area is 813 Å². The lowest BCUT2D eigenvalue weighted by molar-refractivity contribution is -0.325. The molecule has 4 aromatic heterocycles. The zero-order valence-corrected chi connectivity index (χ0v) is 80.5. The number of ketones is 4. The quantitative estimate of drug-likeness (QED) is 0.0489. The lowest BCUT2D eigenvalue weighted by atomic mass is 9.78. The van der Waals surface area contributed by atoms with Crippen LogP contribution in [0, 0.1) is 6.92 Å². The molecule has 4 fully saturated rings. The molecule has 4 amide bonds. The van der Waals surface area contributed by atoms with Gasteiger partial charge in [0.1, 0.15) is 18.1 Å². The number of fused-ring (bicyclic) bond motifs is 8. The molecule has 768 valence electrons. The minimum absolute atomic E-state index is 0. The van der Waals surface area contributed by atoms with E-state index >= 15 is 0 Å². The van der Waals surface area contributed by atoms with Crippen LogP contribution in [0.1, 0.15) is 232 Å². The molecule has 12 heterocycles. The number of Topliss-reactive ketones (excluding diaryl/α,β-unsaturated/α-hetero) is 4. The molecule has 2 atom stereocenters. The number of alkyl halides is 15. The van der Waals surface area contributed by atoms with Gasteiger partial charge < -0.3 is 67.4 Å². The fourth-order valence-electron chi connectivity index (χ4n) is 21.3. The number of piperidine rings is 4. The highest BCUT2D eigenvalue weighted by atomic mass is 19.4. The number of methoxy groups -OCH3 is 2. The van der Waals surface area contributed by atoms with E-state index in [4.69, 9.17) is 18.9 Å². The van der Waals surface area contributed by atoms with Gasteiger partial charge in [-0.1, -0.05) is 42.5 Å². The normalized spacial score (nSPS) is 19.1. The Morgan fingerprint density at radius 1 is 0.430 bits per heavy atom. The first kappa shape index (κ1) is 106. The summed E-state index contributed by atoms with van der Waals surface area (Å²) in [5, 5.41) is 6.78. The number of rotatable bonds is 17. The van der Waals surface area contributed by atoms with E-state index < -0.39 is 106 Å². The summed E-state index contributed by atoms with van der Waals surface area (Å²) in [7, 11) is 6.58. The smallest absolute Gasteiger partial charge is 0.496 e. The first-order valence-corrected chi connectivity index (χ1v) is 46.7. The average molecular weight is 2000 g/mol. The Morgan fingerprint density at radius 3 is 1.28 bits per heavy atom. The number of hydrogen-bond acceptors (Lipinski definition) is 17. The van der Waals surface area contributed by atoms with Crippen LogP contribution >= 0.6 is 0 Å². The van der Waals surface area contributed by atoms with E-state index in [9.17, 15) is 104 Å².